The van der Waals surface area contributed by atoms with Gasteiger partial charge in [0.25, 0.3) is 0 Å². The fourth-order valence-corrected chi connectivity index (χ4v) is 2.14. The van der Waals surface area contributed by atoms with E-state index in [9.17, 15) is 9.59 Å². The fourth-order valence-electron chi connectivity index (χ4n) is 2.14. The Labute approximate surface area is 157 Å². The Balaban J connectivity index is 2.99. The van der Waals surface area contributed by atoms with Crippen molar-refractivity contribution in [1.29, 1.82) is 0 Å². The number of esters is 1. The normalized spacial score (nSPS) is 12.5. The first-order valence-corrected chi connectivity index (χ1v) is 8.81. The molecule has 0 atom stereocenters. The summed E-state index contributed by atoms with van der Waals surface area (Å²) in [6.45, 7) is 13.1. The zero-order valence-corrected chi connectivity index (χ0v) is 17.0. The Hall–Kier alpha value is -2.30. The summed E-state index contributed by atoms with van der Waals surface area (Å²) in [4.78, 5) is 26.6. The van der Waals surface area contributed by atoms with Crippen LogP contribution in [0.25, 0.3) is 0 Å². The van der Waals surface area contributed by atoms with Gasteiger partial charge >= 0.3 is 12.1 Å². The number of benzene rings is 1. The van der Waals surface area contributed by atoms with Gasteiger partial charge in [0, 0.05) is 6.54 Å². The second-order valence-electron chi connectivity index (χ2n) is 8.14. The van der Waals surface area contributed by atoms with Gasteiger partial charge in [-0.1, -0.05) is 36.4 Å². The van der Waals surface area contributed by atoms with E-state index in [-0.39, 0.29) is 6.54 Å². The minimum Gasteiger partial charge on any atom is -0.457 e. The van der Waals surface area contributed by atoms with Crippen molar-refractivity contribution in [2.75, 3.05) is 6.54 Å². The van der Waals surface area contributed by atoms with Crippen LogP contribution < -0.4 is 0 Å². The first-order chi connectivity index (χ1) is 11.9. The van der Waals surface area contributed by atoms with Gasteiger partial charge in [-0.25, -0.2) is 9.59 Å². The Morgan fingerprint density at radius 3 is 1.96 bits per heavy atom. The highest BCUT2D eigenvalue weighted by molar-refractivity contribution is 5.89. The molecule has 0 aliphatic carbocycles. The standard InChI is InChI=1S/C21H31NO4/c1-8-17(18(23)25-20(2,3)4)15-22(19(24)26-21(5,6)7)14-16-12-10-9-11-13-16/h8-13H,14-15H2,1-7H3/b17-8-. The molecule has 0 N–H and O–H groups in total. The molecule has 0 saturated carbocycles. The number of carbonyl (C=O) groups excluding carboxylic acids is 2. The van der Waals surface area contributed by atoms with Gasteiger partial charge in [-0.3, -0.25) is 4.90 Å². The van der Waals surface area contributed by atoms with Crippen molar-refractivity contribution in [3.05, 3.63) is 47.5 Å². The Morgan fingerprint density at radius 1 is 0.962 bits per heavy atom. The number of amides is 1. The van der Waals surface area contributed by atoms with Crippen LogP contribution in [-0.4, -0.2) is 34.7 Å². The fraction of sp³-hybridized carbons (Fsp3) is 0.524. The smallest absolute Gasteiger partial charge is 0.410 e. The number of nitrogens with zero attached hydrogens (tertiary/aromatic N) is 1. The van der Waals surface area contributed by atoms with Gasteiger partial charge in [-0.2, -0.15) is 0 Å². The molecule has 0 saturated heterocycles. The quantitative estimate of drug-likeness (QED) is 0.563. The van der Waals surface area contributed by atoms with E-state index < -0.39 is 23.3 Å². The van der Waals surface area contributed by atoms with Crippen LogP contribution in [0.2, 0.25) is 0 Å². The number of hydrogen-bond donors (Lipinski definition) is 0. The van der Waals surface area contributed by atoms with E-state index in [1.807, 2.05) is 71.9 Å². The van der Waals surface area contributed by atoms with Crippen LogP contribution in [0.5, 0.6) is 0 Å². The lowest BCUT2D eigenvalue weighted by Crippen LogP contribution is -2.39. The molecule has 144 valence electrons. The zero-order valence-electron chi connectivity index (χ0n) is 17.0. The summed E-state index contributed by atoms with van der Waals surface area (Å²) in [5, 5.41) is 0. The third-order valence-corrected chi connectivity index (χ3v) is 3.24. The van der Waals surface area contributed by atoms with Crippen LogP contribution in [0.4, 0.5) is 4.79 Å². The molecule has 1 rings (SSSR count). The zero-order chi connectivity index (χ0) is 20.0. The van der Waals surface area contributed by atoms with E-state index in [0.29, 0.717) is 12.1 Å². The molecule has 5 heteroatoms. The molecule has 5 nitrogen and oxygen atoms in total. The SMILES string of the molecule is C/C=C(/CN(Cc1ccccc1)C(=O)OC(C)(C)C)C(=O)OC(C)(C)C. The summed E-state index contributed by atoms with van der Waals surface area (Å²) in [5.74, 6) is -0.429. The lowest BCUT2D eigenvalue weighted by Gasteiger charge is -2.28. The minimum absolute atomic E-state index is 0.120. The number of ether oxygens (including phenoxy) is 2. The molecule has 0 unspecified atom stereocenters. The molecule has 0 aliphatic rings. The Morgan fingerprint density at radius 2 is 1.50 bits per heavy atom. The second kappa shape index (κ2) is 8.88. The van der Waals surface area contributed by atoms with Crippen molar-refractivity contribution < 1.29 is 19.1 Å². The highest BCUT2D eigenvalue weighted by Gasteiger charge is 2.26. The van der Waals surface area contributed by atoms with Crippen molar-refractivity contribution >= 4 is 12.1 Å². The Kier molecular flexibility index (Phi) is 7.42. The van der Waals surface area contributed by atoms with E-state index in [4.69, 9.17) is 9.47 Å². The molecular formula is C21H31NO4. The molecule has 0 aliphatic heterocycles. The van der Waals surface area contributed by atoms with E-state index in [0.717, 1.165) is 5.56 Å². The van der Waals surface area contributed by atoms with Crippen molar-refractivity contribution in [3.8, 4) is 0 Å². The molecule has 0 bridgehead atoms. The minimum atomic E-state index is -0.617. The largest absolute Gasteiger partial charge is 0.457 e. The predicted molar refractivity (Wildman–Crippen MR) is 103 cm³/mol. The van der Waals surface area contributed by atoms with Crippen molar-refractivity contribution in [2.24, 2.45) is 0 Å². The average Bonchev–Trinajstić information content (AvgIpc) is 2.48. The summed E-state index contributed by atoms with van der Waals surface area (Å²) < 4.78 is 10.9. The van der Waals surface area contributed by atoms with Crippen molar-refractivity contribution in [2.45, 2.75) is 66.2 Å². The van der Waals surface area contributed by atoms with Crippen LogP contribution in [0, 0.1) is 0 Å². The summed E-state index contributed by atoms with van der Waals surface area (Å²) in [5.41, 5.74) is 0.162. The maximum absolute atomic E-state index is 12.6. The van der Waals surface area contributed by atoms with Crippen LogP contribution >= 0.6 is 0 Å². The molecule has 0 radical (unpaired) electrons. The maximum atomic E-state index is 12.6. The van der Waals surface area contributed by atoms with Gasteiger partial charge in [0.05, 0.1) is 12.1 Å². The van der Waals surface area contributed by atoms with E-state index >= 15 is 0 Å². The maximum Gasteiger partial charge on any atom is 0.410 e. The lowest BCUT2D eigenvalue weighted by molar-refractivity contribution is -0.150. The van der Waals surface area contributed by atoms with Gasteiger partial charge in [0.1, 0.15) is 11.2 Å². The Bertz CT molecular complexity index is 636. The third kappa shape index (κ3) is 8.19. The molecule has 0 fully saturated rings. The topological polar surface area (TPSA) is 55.8 Å². The lowest BCUT2D eigenvalue weighted by atomic mass is 10.1. The van der Waals surface area contributed by atoms with Crippen LogP contribution in [-0.2, 0) is 20.8 Å². The monoisotopic (exact) mass is 361 g/mol. The second-order valence-corrected chi connectivity index (χ2v) is 8.14. The van der Waals surface area contributed by atoms with Gasteiger partial charge in [0.15, 0.2) is 0 Å². The average molecular weight is 361 g/mol. The molecule has 26 heavy (non-hydrogen) atoms. The summed E-state index contributed by atoms with van der Waals surface area (Å²) in [6.07, 6.45) is 1.21. The first-order valence-electron chi connectivity index (χ1n) is 8.81. The van der Waals surface area contributed by atoms with Gasteiger partial charge in [0.2, 0.25) is 0 Å². The van der Waals surface area contributed by atoms with Crippen LogP contribution in [0.1, 0.15) is 54.0 Å². The van der Waals surface area contributed by atoms with Gasteiger partial charge in [-0.05, 0) is 54.0 Å². The summed E-state index contributed by atoms with van der Waals surface area (Å²) >= 11 is 0. The van der Waals surface area contributed by atoms with Crippen LogP contribution in [0.3, 0.4) is 0 Å². The molecular weight excluding hydrogens is 330 g/mol. The predicted octanol–water partition coefficient (Wildman–Crippen LogP) is 4.71. The van der Waals surface area contributed by atoms with Crippen molar-refractivity contribution in [3.63, 3.8) is 0 Å². The van der Waals surface area contributed by atoms with E-state index in [1.54, 1.807) is 13.0 Å². The number of allylic oxidation sites excluding steroid dienone is 1. The highest BCUT2D eigenvalue weighted by Crippen LogP contribution is 2.17. The highest BCUT2D eigenvalue weighted by atomic mass is 16.6. The molecule has 1 aromatic carbocycles. The molecule has 0 heterocycles. The number of carbonyl (C=O) groups is 2. The third-order valence-electron chi connectivity index (χ3n) is 3.24. The molecule has 0 spiro atoms. The van der Waals surface area contributed by atoms with Gasteiger partial charge in [-0.15, -0.1) is 0 Å². The molecule has 0 aromatic heterocycles. The number of rotatable bonds is 5. The van der Waals surface area contributed by atoms with Crippen molar-refractivity contribution in [1.82, 2.24) is 4.90 Å². The molecule has 1 amide bonds. The van der Waals surface area contributed by atoms with Gasteiger partial charge < -0.3 is 9.47 Å². The summed E-state index contributed by atoms with van der Waals surface area (Å²) in [6, 6.07) is 9.60. The van der Waals surface area contributed by atoms with E-state index in [1.165, 1.54) is 4.90 Å². The molecule has 1 aromatic rings. The van der Waals surface area contributed by atoms with Crippen LogP contribution in [0.15, 0.2) is 42.0 Å². The number of hydrogen-bond acceptors (Lipinski definition) is 4. The summed E-state index contributed by atoms with van der Waals surface area (Å²) in [7, 11) is 0. The van der Waals surface area contributed by atoms with E-state index in [2.05, 4.69) is 0 Å². The first kappa shape index (κ1) is 21.7.